The van der Waals surface area contributed by atoms with Crippen LogP contribution in [0.3, 0.4) is 0 Å². The van der Waals surface area contributed by atoms with Crippen molar-refractivity contribution < 1.29 is 32.0 Å². The fourth-order valence-corrected chi connectivity index (χ4v) is 6.27. The minimum Gasteiger partial charge on any atom is -0.465 e. The Balaban J connectivity index is 0.000000636. The molecule has 0 heterocycles. The van der Waals surface area contributed by atoms with E-state index in [1.807, 2.05) is 0 Å². The van der Waals surface area contributed by atoms with Crippen molar-refractivity contribution in [3.63, 3.8) is 0 Å². The van der Waals surface area contributed by atoms with E-state index in [-0.39, 0.29) is 11.1 Å². The van der Waals surface area contributed by atoms with E-state index in [4.69, 9.17) is 4.55 Å². The van der Waals surface area contributed by atoms with Crippen LogP contribution in [0.25, 0.3) is 0 Å². The number of hydrogen-bond acceptors (Lipinski definition) is 6. The quantitative estimate of drug-likeness (QED) is 0.408. The van der Waals surface area contributed by atoms with Crippen molar-refractivity contribution in [2.75, 3.05) is 38.9 Å². The van der Waals surface area contributed by atoms with Crippen LogP contribution in [0.4, 0.5) is 0 Å². The summed E-state index contributed by atoms with van der Waals surface area (Å²) in [6.45, 7) is 9.46. The van der Waals surface area contributed by atoms with Gasteiger partial charge < -0.3 is 9.47 Å². The molecule has 1 aromatic rings. The van der Waals surface area contributed by atoms with E-state index < -0.39 is 34.2 Å². The van der Waals surface area contributed by atoms with Gasteiger partial charge in [0.25, 0.3) is 10.1 Å². The smallest absolute Gasteiger partial charge is 0.337 e. The Morgan fingerprint density at radius 1 is 0.852 bits per heavy atom. The molecule has 9 heteroatoms. The molecule has 0 radical (unpaired) electrons. The Bertz CT molecular complexity index is 688. The Labute approximate surface area is 162 Å². The van der Waals surface area contributed by atoms with Gasteiger partial charge in [0.05, 0.1) is 30.2 Å². The molecule has 27 heavy (non-hydrogen) atoms. The van der Waals surface area contributed by atoms with Gasteiger partial charge >= 0.3 is 71.5 Å². The molecule has 0 saturated carbocycles. The predicted molar refractivity (Wildman–Crippen MR) is 109 cm³/mol. The van der Waals surface area contributed by atoms with Crippen molar-refractivity contribution >= 4 is 29.3 Å². The average Bonchev–Trinajstić information content (AvgIpc) is 2.68. The fourth-order valence-electron chi connectivity index (χ4n) is 2.72. The monoisotopic (exact) mass is 422 g/mol. The van der Waals surface area contributed by atoms with Gasteiger partial charge in [-0.2, -0.15) is 8.42 Å². The first-order chi connectivity index (χ1) is 12.5. The minimum atomic E-state index is -4.55. The van der Waals surface area contributed by atoms with E-state index in [0.29, 0.717) is 0 Å². The summed E-state index contributed by atoms with van der Waals surface area (Å²) in [7, 11) is -3.04. The maximum Gasteiger partial charge on any atom is 0.337 e. The number of benzene rings is 1. The number of ether oxygens (including phenoxy) is 2. The molecule has 0 amide bonds. The number of rotatable bonds is 7. The van der Waals surface area contributed by atoms with Crippen molar-refractivity contribution in [1.82, 2.24) is 0 Å². The number of methoxy groups -OCH3 is 2. The Morgan fingerprint density at radius 2 is 1.19 bits per heavy atom. The van der Waals surface area contributed by atoms with E-state index in [0.717, 1.165) is 32.4 Å². The third-order valence-corrected chi connectivity index (χ3v) is 11.9. The molecule has 7 nitrogen and oxygen atoms in total. The summed E-state index contributed by atoms with van der Waals surface area (Å²) in [6, 6.07) is 2.90. The summed E-state index contributed by atoms with van der Waals surface area (Å²) in [6.07, 6.45) is 5.93. The van der Waals surface area contributed by atoms with Gasteiger partial charge in [-0.05, 0) is 18.2 Å². The van der Waals surface area contributed by atoms with Gasteiger partial charge in [0.2, 0.25) is 0 Å². The van der Waals surface area contributed by atoms with Crippen molar-refractivity contribution in [3.05, 3.63) is 29.3 Å². The number of hydrogen-bond donors (Lipinski definition) is 1. The summed E-state index contributed by atoms with van der Waals surface area (Å²) >= 11 is 0. The normalized spacial score (nSPS) is 11.8. The molecule has 0 atom stereocenters. The van der Waals surface area contributed by atoms with Gasteiger partial charge in [0.1, 0.15) is 0 Å². The van der Waals surface area contributed by atoms with Crippen molar-refractivity contribution in [2.45, 2.75) is 32.6 Å². The molecule has 156 valence electrons. The minimum absolute atomic E-state index is 0.187. The molecule has 0 unspecified atom stereocenters. The van der Waals surface area contributed by atoms with Crippen molar-refractivity contribution in [3.8, 4) is 0 Å². The first kappa shape index (κ1) is 25.5. The van der Waals surface area contributed by atoms with Crippen LogP contribution >= 0.6 is 7.26 Å². The van der Waals surface area contributed by atoms with Crippen LogP contribution in [0.2, 0.25) is 0 Å². The summed E-state index contributed by atoms with van der Waals surface area (Å²) in [5.41, 5.74) is -0.374. The molecule has 0 bridgehead atoms. The molecule has 1 rings (SSSR count). The van der Waals surface area contributed by atoms with Crippen LogP contribution in [0, 0.1) is 0 Å². The van der Waals surface area contributed by atoms with E-state index in [1.165, 1.54) is 24.6 Å². The fraction of sp³-hybridized carbons (Fsp3) is 0.556. The maximum absolute atomic E-state index is 11.3. The zero-order chi connectivity index (χ0) is 21.3. The Hall–Kier alpha value is -1.50. The average molecular weight is 422 g/mol. The van der Waals surface area contributed by atoms with Crippen molar-refractivity contribution in [1.29, 1.82) is 0 Å². The third-order valence-electron chi connectivity index (χ3n) is 5.05. The molecule has 0 aliphatic rings. The van der Waals surface area contributed by atoms with Crippen LogP contribution in [-0.4, -0.2) is 63.8 Å². The second kappa shape index (κ2) is 11.4. The molecule has 1 aromatic carbocycles. The van der Waals surface area contributed by atoms with E-state index in [2.05, 4.69) is 37.2 Å². The molecule has 0 aromatic heterocycles. The van der Waals surface area contributed by atoms with Crippen LogP contribution in [0.1, 0.15) is 48.4 Å². The third kappa shape index (κ3) is 7.56. The van der Waals surface area contributed by atoms with E-state index in [9.17, 15) is 18.0 Å². The zero-order valence-corrected chi connectivity index (χ0v) is 18.7. The second-order valence-electron chi connectivity index (χ2n) is 6.12. The van der Waals surface area contributed by atoms with Crippen LogP contribution in [0.15, 0.2) is 23.1 Å². The molecule has 1 N–H and O–H groups in total. The number of esters is 2. The van der Waals surface area contributed by atoms with Gasteiger partial charge in [-0.3, -0.25) is 4.55 Å². The second-order valence-corrected chi connectivity index (χ2v) is 13.4. The van der Waals surface area contributed by atoms with Crippen LogP contribution in [0.5, 0.6) is 0 Å². The number of carbonyl (C=O) groups is 2. The van der Waals surface area contributed by atoms with Gasteiger partial charge in [-0.15, -0.1) is 0 Å². The van der Waals surface area contributed by atoms with Gasteiger partial charge in [-0.1, -0.05) is 0 Å². The predicted octanol–water partition coefficient (Wildman–Crippen LogP) is 3.32. The summed E-state index contributed by atoms with van der Waals surface area (Å²) < 4.78 is 39.7. The molecule has 0 spiro atoms. The molecule has 0 aliphatic carbocycles. The largest absolute Gasteiger partial charge is 0.465 e. The Morgan fingerprint density at radius 3 is 1.37 bits per heavy atom. The van der Waals surface area contributed by atoms with Gasteiger partial charge in [-0.25, -0.2) is 9.59 Å². The van der Waals surface area contributed by atoms with Gasteiger partial charge in [0, 0.05) is 0 Å². The number of carbonyl (C=O) groups excluding carboxylic acids is 2. The molecular formula is C18H31O7PS. The van der Waals surface area contributed by atoms with E-state index >= 15 is 0 Å². The molecular weight excluding hydrogens is 391 g/mol. The first-order valence-corrected chi connectivity index (χ1v) is 13.1. The Kier molecular flexibility index (Phi) is 10.7. The van der Waals surface area contributed by atoms with Crippen LogP contribution in [-0.2, 0) is 19.6 Å². The van der Waals surface area contributed by atoms with Crippen molar-refractivity contribution in [2.24, 2.45) is 0 Å². The zero-order valence-electron chi connectivity index (χ0n) is 16.9. The standard InChI is InChI=1S/C10H10O7S.C8H21P/c1-16-9(11)6-3-7(10(12)17-2)5-8(4-6)18(13,14)15;1-5-9(6-2,7-3)8-4/h3-5H,1-2H3,(H,13,14,15);9H,5-8H2,1-4H3. The van der Waals surface area contributed by atoms with Crippen LogP contribution < -0.4 is 0 Å². The topological polar surface area (TPSA) is 107 Å². The van der Waals surface area contributed by atoms with E-state index in [1.54, 1.807) is 0 Å². The molecule has 0 saturated heterocycles. The SMILES string of the molecule is CC[PH](CC)(CC)CC.COC(=O)c1cc(C(=O)OC)cc(S(=O)(=O)O)c1. The molecule has 0 aliphatic heterocycles. The first-order valence-electron chi connectivity index (χ1n) is 8.83. The summed E-state index contributed by atoms with van der Waals surface area (Å²) in [4.78, 5) is 22.0. The molecule has 0 fully saturated rings. The maximum atomic E-state index is 11.3. The summed E-state index contributed by atoms with van der Waals surface area (Å²) in [5, 5.41) is 0. The summed E-state index contributed by atoms with van der Waals surface area (Å²) in [5.74, 6) is -1.68. The van der Waals surface area contributed by atoms with Gasteiger partial charge in [0.15, 0.2) is 0 Å².